The Morgan fingerprint density at radius 3 is 2.75 bits per heavy atom. The Hall–Kier alpha value is -1.33. The molecule has 108 valence electrons. The Bertz CT molecular complexity index is 595. The fraction of sp³-hybridized carbons (Fsp3) is 0.400. The second-order valence-electron chi connectivity index (χ2n) is 4.80. The summed E-state index contributed by atoms with van der Waals surface area (Å²) in [5.74, 6) is 0.863. The average molecular weight is 338 g/mol. The fourth-order valence-corrected chi connectivity index (χ4v) is 2.72. The van der Waals surface area contributed by atoms with Crippen LogP contribution in [0.5, 0.6) is 5.75 Å². The van der Waals surface area contributed by atoms with E-state index < -0.39 is 0 Å². The van der Waals surface area contributed by atoms with E-state index in [4.69, 9.17) is 10.5 Å². The second kappa shape index (κ2) is 6.41. The van der Waals surface area contributed by atoms with Crippen molar-refractivity contribution in [1.82, 2.24) is 9.78 Å². The molecule has 1 heterocycles. The van der Waals surface area contributed by atoms with E-state index in [-0.39, 0.29) is 6.04 Å². The topological polar surface area (TPSA) is 53.1 Å². The van der Waals surface area contributed by atoms with Crippen LogP contribution in [0.25, 0.3) is 0 Å². The maximum Gasteiger partial charge on any atom is 0.122 e. The van der Waals surface area contributed by atoms with Gasteiger partial charge in [0.2, 0.25) is 0 Å². The summed E-state index contributed by atoms with van der Waals surface area (Å²) in [6, 6.07) is 7.95. The molecule has 2 rings (SSSR count). The summed E-state index contributed by atoms with van der Waals surface area (Å²) in [7, 11) is 3.62. The highest BCUT2D eigenvalue weighted by Gasteiger charge is 2.15. The Balaban J connectivity index is 2.24. The molecule has 2 N–H and O–H groups in total. The summed E-state index contributed by atoms with van der Waals surface area (Å²) < 4.78 is 8.29. The average Bonchev–Trinajstić information content (AvgIpc) is 2.80. The van der Waals surface area contributed by atoms with Crippen molar-refractivity contribution in [2.24, 2.45) is 12.8 Å². The Kier molecular flexibility index (Phi) is 4.83. The molecule has 4 nitrogen and oxygen atoms in total. The summed E-state index contributed by atoms with van der Waals surface area (Å²) >= 11 is 3.49. The SMILES string of the molecule is CCc1cc(C(N)Cc2cc(Br)ccc2OC)n(C)n1. The third-order valence-corrected chi connectivity index (χ3v) is 3.88. The summed E-state index contributed by atoms with van der Waals surface area (Å²) in [5.41, 5.74) is 9.54. The fourth-order valence-electron chi connectivity index (χ4n) is 2.31. The molecule has 1 aromatic heterocycles. The minimum atomic E-state index is -0.101. The molecular formula is C15H20BrN3O. The standard InChI is InChI=1S/C15H20BrN3O/c1-4-12-9-14(19(2)18-12)13(17)8-10-7-11(16)5-6-15(10)20-3/h5-7,9,13H,4,8,17H2,1-3H3. The van der Waals surface area contributed by atoms with Crippen molar-refractivity contribution in [3.8, 4) is 5.75 Å². The van der Waals surface area contributed by atoms with Crippen LogP contribution in [0.1, 0.15) is 29.9 Å². The van der Waals surface area contributed by atoms with Crippen LogP contribution in [0.3, 0.4) is 0 Å². The minimum Gasteiger partial charge on any atom is -0.496 e. The van der Waals surface area contributed by atoms with Crippen molar-refractivity contribution in [1.29, 1.82) is 0 Å². The van der Waals surface area contributed by atoms with E-state index in [0.29, 0.717) is 6.42 Å². The summed E-state index contributed by atoms with van der Waals surface area (Å²) in [5, 5.41) is 4.45. The zero-order chi connectivity index (χ0) is 14.7. The third kappa shape index (κ3) is 3.22. The van der Waals surface area contributed by atoms with Gasteiger partial charge in [-0.3, -0.25) is 4.68 Å². The lowest BCUT2D eigenvalue weighted by atomic mass is 10.0. The van der Waals surface area contributed by atoms with Gasteiger partial charge in [-0.15, -0.1) is 0 Å². The Morgan fingerprint density at radius 1 is 1.40 bits per heavy atom. The summed E-state index contributed by atoms with van der Waals surface area (Å²) in [6.45, 7) is 2.09. The zero-order valence-corrected chi connectivity index (χ0v) is 13.6. The first-order valence-electron chi connectivity index (χ1n) is 6.66. The zero-order valence-electron chi connectivity index (χ0n) is 12.1. The Morgan fingerprint density at radius 2 is 2.15 bits per heavy atom. The molecule has 1 unspecified atom stereocenters. The molecule has 0 saturated heterocycles. The monoisotopic (exact) mass is 337 g/mol. The van der Waals surface area contributed by atoms with Crippen LogP contribution in [-0.4, -0.2) is 16.9 Å². The van der Waals surface area contributed by atoms with Crippen LogP contribution < -0.4 is 10.5 Å². The van der Waals surface area contributed by atoms with E-state index in [1.54, 1.807) is 7.11 Å². The smallest absolute Gasteiger partial charge is 0.122 e. The van der Waals surface area contributed by atoms with Crippen LogP contribution in [-0.2, 0) is 19.9 Å². The van der Waals surface area contributed by atoms with Crippen molar-refractivity contribution < 1.29 is 4.74 Å². The molecule has 0 spiro atoms. The predicted molar refractivity (Wildman–Crippen MR) is 83.9 cm³/mol. The number of aryl methyl sites for hydroxylation is 2. The van der Waals surface area contributed by atoms with Gasteiger partial charge in [-0.25, -0.2) is 0 Å². The number of nitrogens with zero attached hydrogens (tertiary/aromatic N) is 2. The molecule has 0 aliphatic rings. The lowest BCUT2D eigenvalue weighted by molar-refractivity contribution is 0.407. The molecule has 5 heteroatoms. The Labute approximate surface area is 128 Å². The number of halogens is 1. The van der Waals surface area contributed by atoms with Crippen LogP contribution in [0.2, 0.25) is 0 Å². The molecule has 0 aliphatic heterocycles. The van der Waals surface area contributed by atoms with Crippen LogP contribution >= 0.6 is 15.9 Å². The maximum absolute atomic E-state index is 6.34. The van der Waals surface area contributed by atoms with Gasteiger partial charge in [0.25, 0.3) is 0 Å². The predicted octanol–water partition coefficient (Wildman–Crippen LogP) is 3.00. The maximum atomic E-state index is 6.34. The molecular weight excluding hydrogens is 318 g/mol. The van der Waals surface area contributed by atoms with Crippen molar-refractivity contribution in [2.45, 2.75) is 25.8 Å². The van der Waals surface area contributed by atoms with Gasteiger partial charge in [-0.2, -0.15) is 5.10 Å². The minimum absolute atomic E-state index is 0.101. The lowest BCUT2D eigenvalue weighted by Gasteiger charge is -2.15. The van der Waals surface area contributed by atoms with Gasteiger partial charge < -0.3 is 10.5 Å². The molecule has 0 fully saturated rings. The lowest BCUT2D eigenvalue weighted by Crippen LogP contribution is -2.17. The first-order valence-corrected chi connectivity index (χ1v) is 7.45. The molecule has 0 amide bonds. The van der Waals surface area contributed by atoms with Crippen LogP contribution in [0.15, 0.2) is 28.7 Å². The van der Waals surface area contributed by atoms with Gasteiger partial charge in [0.15, 0.2) is 0 Å². The number of aromatic nitrogens is 2. The molecule has 0 saturated carbocycles. The number of rotatable bonds is 5. The van der Waals surface area contributed by atoms with Crippen molar-refractivity contribution in [2.75, 3.05) is 7.11 Å². The molecule has 1 aromatic carbocycles. The number of ether oxygens (including phenoxy) is 1. The van der Waals surface area contributed by atoms with Gasteiger partial charge in [-0.05, 0) is 42.7 Å². The number of benzene rings is 1. The highest BCUT2D eigenvalue weighted by molar-refractivity contribution is 9.10. The van der Waals surface area contributed by atoms with E-state index in [1.807, 2.05) is 23.9 Å². The normalized spacial score (nSPS) is 12.4. The largest absolute Gasteiger partial charge is 0.496 e. The summed E-state index contributed by atoms with van der Waals surface area (Å²) in [4.78, 5) is 0. The highest BCUT2D eigenvalue weighted by atomic mass is 79.9. The van der Waals surface area contributed by atoms with Gasteiger partial charge in [-0.1, -0.05) is 22.9 Å². The van der Waals surface area contributed by atoms with E-state index >= 15 is 0 Å². The number of hydrogen-bond acceptors (Lipinski definition) is 3. The molecule has 0 bridgehead atoms. The van der Waals surface area contributed by atoms with Gasteiger partial charge in [0.1, 0.15) is 5.75 Å². The molecule has 0 aliphatic carbocycles. The third-order valence-electron chi connectivity index (χ3n) is 3.39. The second-order valence-corrected chi connectivity index (χ2v) is 5.72. The van der Waals surface area contributed by atoms with Crippen molar-refractivity contribution in [3.63, 3.8) is 0 Å². The van der Waals surface area contributed by atoms with Crippen molar-refractivity contribution >= 4 is 15.9 Å². The van der Waals surface area contributed by atoms with Gasteiger partial charge in [0, 0.05) is 11.5 Å². The first-order chi connectivity index (χ1) is 9.55. The summed E-state index contributed by atoms with van der Waals surface area (Å²) in [6.07, 6.45) is 1.63. The van der Waals surface area contributed by atoms with E-state index in [9.17, 15) is 0 Å². The highest BCUT2D eigenvalue weighted by Crippen LogP contribution is 2.27. The number of methoxy groups -OCH3 is 1. The van der Waals surface area contributed by atoms with Gasteiger partial charge in [0.05, 0.1) is 24.5 Å². The quantitative estimate of drug-likeness (QED) is 0.912. The first kappa shape index (κ1) is 15.1. The van der Waals surface area contributed by atoms with E-state index in [2.05, 4.69) is 40.1 Å². The molecule has 1 atom stereocenters. The number of hydrogen-bond donors (Lipinski definition) is 1. The van der Waals surface area contributed by atoms with Crippen LogP contribution in [0, 0.1) is 0 Å². The van der Waals surface area contributed by atoms with Crippen LogP contribution in [0.4, 0.5) is 0 Å². The van der Waals surface area contributed by atoms with Crippen molar-refractivity contribution in [3.05, 3.63) is 45.7 Å². The molecule has 2 aromatic rings. The van der Waals surface area contributed by atoms with E-state index in [1.165, 1.54) is 0 Å². The van der Waals surface area contributed by atoms with Gasteiger partial charge >= 0.3 is 0 Å². The molecule has 20 heavy (non-hydrogen) atoms. The van der Waals surface area contributed by atoms with E-state index in [0.717, 1.165) is 33.6 Å². The number of nitrogens with two attached hydrogens (primary N) is 1. The molecule has 0 radical (unpaired) electrons.